The lowest BCUT2D eigenvalue weighted by Crippen LogP contribution is -2.43. The first kappa shape index (κ1) is 60.6. The topological polar surface area (TPSA) is 183 Å². The van der Waals surface area contributed by atoms with Crippen molar-refractivity contribution < 1.29 is 42.8 Å². The number of aromatic nitrogens is 1. The van der Waals surface area contributed by atoms with E-state index < -0.39 is 5.91 Å². The molecule has 0 aliphatic carbocycles. The first-order valence-electron chi connectivity index (χ1n) is 26.7. The molecule has 2 heterocycles. The van der Waals surface area contributed by atoms with E-state index in [1.54, 1.807) is 13.0 Å². The van der Waals surface area contributed by atoms with E-state index in [4.69, 9.17) is 51.6 Å². The van der Waals surface area contributed by atoms with E-state index in [0.29, 0.717) is 97.0 Å². The summed E-state index contributed by atoms with van der Waals surface area (Å²) in [6.07, 6.45) is 8.25. The highest BCUT2D eigenvalue weighted by atomic mass is 35.5. The molecule has 0 spiro atoms. The highest BCUT2D eigenvalue weighted by Crippen LogP contribution is 2.41. The molecule has 0 saturated carbocycles. The summed E-state index contributed by atoms with van der Waals surface area (Å²) in [6.45, 7) is 15.2. The Morgan fingerprint density at radius 2 is 1.41 bits per heavy atom. The van der Waals surface area contributed by atoms with Gasteiger partial charge in [-0.05, 0) is 134 Å². The molecule has 3 atom stereocenters. The van der Waals surface area contributed by atoms with Gasteiger partial charge in [-0.1, -0.05) is 91.7 Å². The predicted molar refractivity (Wildman–Crippen MR) is 308 cm³/mol. The minimum atomic E-state index is -0.527. The van der Waals surface area contributed by atoms with Gasteiger partial charge >= 0.3 is 0 Å². The van der Waals surface area contributed by atoms with Gasteiger partial charge in [0.1, 0.15) is 29.2 Å². The van der Waals surface area contributed by atoms with Crippen LogP contribution in [-0.4, -0.2) is 108 Å². The lowest BCUT2D eigenvalue weighted by atomic mass is 9.88. The van der Waals surface area contributed by atoms with Gasteiger partial charge in [0, 0.05) is 49.7 Å². The average Bonchev–Trinajstić information content (AvgIpc) is 3.49. The number of nitrogens with zero attached hydrogens (tertiary/aromatic N) is 3. The van der Waals surface area contributed by atoms with Crippen LogP contribution in [0.15, 0.2) is 115 Å². The zero-order valence-electron chi connectivity index (χ0n) is 44.9. The van der Waals surface area contributed by atoms with E-state index in [1.807, 2.05) is 109 Å². The Labute approximate surface area is 469 Å². The number of rotatable bonds is 33. The van der Waals surface area contributed by atoms with Gasteiger partial charge in [0.2, 0.25) is 5.91 Å². The highest BCUT2D eigenvalue weighted by molar-refractivity contribution is 6.33. The van der Waals surface area contributed by atoms with Crippen molar-refractivity contribution >= 4 is 64.5 Å². The van der Waals surface area contributed by atoms with Gasteiger partial charge in [-0.15, -0.1) is 0 Å². The standard InChI is InChI=1S/C61H72Cl2N6O9/c1-5-10-55(68-61(72)50(42-64)41-57-54(62)24-26-59(63)67-57)47-17-22-52(23-18-47)78-38-37-74-29-9-7-8-28-73-31-33-76-35-36-77-34-32-75-30-27-65-60(71)48-15-13-46(14-16-48)49-19-25-58-53(40-49)56(39-43(3)69(58)44(4)70)66-51-20-11-45(6-2)12-21-51/h6,11-26,40-41,43,55-56,66H,2,5,7-10,27-39H2,1,3-4H3,(H,65,71)(H,68,72)/b50-41+/t43-,55?,56?/m0/s1. The third kappa shape index (κ3) is 19.4. The fourth-order valence-electron chi connectivity index (χ4n) is 8.86. The summed E-state index contributed by atoms with van der Waals surface area (Å²) in [5.41, 5.74) is 7.55. The molecule has 414 valence electrons. The number of pyridine rings is 1. The van der Waals surface area contributed by atoms with Crippen LogP contribution in [0.25, 0.3) is 23.3 Å². The third-order valence-electron chi connectivity index (χ3n) is 12.9. The first-order valence-corrected chi connectivity index (χ1v) is 27.4. The number of carbonyl (C=O) groups excluding carboxylic acids is 3. The summed E-state index contributed by atoms with van der Waals surface area (Å²) in [5.74, 6) is 0.00275. The van der Waals surface area contributed by atoms with Gasteiger partial charge in [0.25, 0.3) is 11.8 Å². The minimum Gasteiger partial charge on any atom is -0.491 e. The second-order valence-corrected chi connectivity index (χ2v) is 19.4. The number of fused-ring (bicyclic) bond motifs is 1. The Morgan fingerprint density at radius 1 is 0.782 bits per heavy atom. The number of nitriles is 1. The molecule has 0 bridgehead atoms. The van der Waals surface area contributed by atoms with Crippen LogP contribution in [0.5, 0.6) is 5.75 Å². The van der Waals surface area contributed by atoms with E-state index in [9.17, 15) is 19.6 Å². The Balaban J connectivity index is 0.737. The molecular weight excluding hydrogens is 1030 g/mol. The summed E-state index contributed by atoms with van der Waals surface area (Å²) in [5, 5.41) is 19.7. The fraction of sp³-hybridized carbons (Fsp3) is 0.393. The lowest BCUT2D eigenvalue weighted by Gasteiger charge is -2.39. The molecule has 1 aromatic heterocycles. The minimum absolute atomic E-state index is 0.00367. The summed E-state index contributed by atoms with van der Waals surface area (Å²) < 4.78 is 34.2. The van der Waals surface area contributed by atoms with Crippen molar-refractivity contribution in [2.24, 2.45) is 0 Å². The second kappa shape index (κ2) is 33.0. The van der Waals surface area contributed by atoms with E-state index >= 15 is 0 Å². The van der Waals surface area contributed by atoms with E-state index in [0.717, 1.165) is 71.3 Å². The normalized spacial score (nSPS) is 14.5. The number of benzene rings is 4. The van der Waals surface area contributed by atoms with Crippen molar-refractivity contribution in [3.8, 4) is 22.9 Å². The SMILES string of the molecule is C=Cc1ccc(NC2C[C@H](C)N(C(C)=O)c3ccc(-c4ccc(C(=O)NCCOCCOCCOCCOCCCCCOCCOc5ccc(C(CCC)NC(=O)/C(C#N)=C/c6nc(Cl)ccc6Cl)cc5)cc4)cc32)cc1. The van der Waals surface area contributed by atoms with Gasteiger partial charge in [-0.25, -0.2) is 4.98 Å². The number of nitrogens with one attached hydrogen (secondary N) is 3. The van der Waals surface area contributed by atoms with Crippen molar-refractivity contribution in [2.45, 2.75) is 77.4 Å². The third-order valence-corrected chi connectivity index (χ3v) is 13.4. The molecule has 0 radical (unpaired) electrons. The van der Waals surface area contributed by atoms with E-state index in [1.165, 1.54) is 12.1 Å². The predicted octanol–water partition coefficient (Wildman–Crippen LogP) is 11.6. The average molecular weight is 1100 g/mol. The molecule has 17 heteroatoms. The van der Waals surface area contributed by atoms with Crippen LogP contribution < -0.4 is 25.6 Å². The van der Waals surface area contributed by atoms with Crippen LogP contribution in [0.2, 0.25) is 10.2 Å². The Hall–Kier alpha value is -6.61. The maximum atomic E-state index is 13.0. The van der Waals surface area contributed by atoms with Gasteiger partial charge in [-0.3, -0.25) is 14.4 Å². The maximum absolute atomic E-state index is 13.0. The lowest BCUT2D eigenvalue weighted by molar-refractivity contribution is -0.118. The van der Waals surface area contributed by atoms with E-state index in [2.05, 4.69) is 40.5 Å². The maximum Gasteiger partial charge on any atom is 0.262 e. The van der Waals surface area contributed by atoms with Crippen LogP contribution in [0.3, 0.4) is 0 Å². The zero-order valence-corrected chi connectivity index (χ0v) is 46.4. The first-order chi connectivity index (χ1) is 38.0. The Morgan fingerprint density at radius 3 is 2.04 bits per heavy atom. The number of amides is 3. The molecule has 1 aliphatic rings. The molecule has 0 fully saturated rings. The molecular formula is C61H72Cl2N6O9. The molecule has 4 aromatic carbocycles. The van der Waals surface area contributed by atoms with Crippen LogP contribution in [0.1, 0.15) is 104 Å². The molecule has 0 saturated heterocycles. The summed E-state index contributed by atoms with van der Waals surface area (Å²) in [4.78, 5) is 44.7. The molecule has 5 aromatic rings. The Bertz CT molecular complexity index is 2770. The van der Waals surface area contributed by atoms with Crippen molar-refractivity contribution in [1.82, 2.24) is 15.6 Å². The van der Waals surface area contributed by atoms with Crippen molar-refractivity contribution in [2.75, 3.05) is 89.4 Å². The number of hydrogen-bond acceptors (Lipinski definition) is 12. The summed E-state index contributed by atoms with van der Waals surface area (Å²) in [7, 11) is 0. The molecule has 6 rings (SSSR count). The quantitative estimate of drug-likeness (QED) is 0.0157. The largest absolute Gasteiger partial charge is 0.491 e. The monoisotopic (exact) mass is 1100 g/mol. The van der Waals surface area contributed by atoms with Gasteiger partial charge in [0.15, 0.2) is 0 Å². The Kier molecular flexibility index (Phi) is 25.6. The molecule has 2 unspecified atom stereocenters. The molecule has 78 heavy (non-hydrogen) atoms. The van der Waals surface area contributed by atoms with Crippen molar-refractivity contribution in [3.63, 3.8) is 0 Å². The highest BCUT2D eigenvalue weighted by Gasteiger charge is 2.33. The summed E-state index contributed by atoms with van der Waals surface area (Å²) >= 11 is 12.2. The van der Waals surface area contributed by atoms with Crippen LogP contribution in [-0.2, 0) is 33.3 Å². The van der Waals surface area contributed by atoms with Gasteiger partial charge in [-0.2, -0.15) is 5.26 Å². The van der Waals surface area contributed by atoms with Gasteiger partial charge in [0.05, 0.1) is 75.7 Å². The summed E-state index contributed by atoms with van der Waals surface area (Å²) in [6, 6.07) is 34.2. The zero-order chi connectivity index (χ0) is 55.5. The molecule has 3 amide bonds. The number of halogens is 2. The molecule has 3 N–H and O–H groups in total. The van der Waals surface area contributed by atoms with Crippen molar-refractivity contribution in [3.05, 3.63) is 153 Å². The van der Waals surface area contributed by atoms with Crippen LogP contribution in [0.4, 0.5) is 11.4 Å². The van der Waals surface area contributed by atoms with E-state index in [-0.39, 0.29) is 51.4 Å². The van der Waals surface area contributed by atoms with Crippen LogP contribution in [0, 0.1) is 11.3 Å². The smallest absolute Gasteiger partial charge is 0.262 e. The fourth-order valence-corrected chi connectivity index (χ4v) is 9.17. The number of hydrogen-bond donors (Lipinski definition) is 3. The van der Waals surface area contributed by atoms with Gasteiger partial charge < -0.3 is 49.3 Å². The van der Waals surface area contributed by atoms with Crippen LogP contribution >= 0.6 is 23.2 Å². The number of unbranched alkanes of at least 4 members (excludes halogenated alkanes) is 2. The number of anilines is 2. The molecule has 1 aliphatic heterocycles. The number of ether oxygens (including phenoxy) is 6. The second-order valence-electron chi connectivity index (χ2n) is 18.6. The van der Waals surface area contributed by atoms with Crippen molar-refractivity contribution in [1.29, 1.82) is 5.26 Å². The number of carbonyl (C=O) groups is 3. The molecule has 15 nitrogen and oxygen atoms in total.